The number of benzene rings is 2. The Kier molecular flexibility index (Phi) is 4.32. The summed E-state index contributed by atoms with van der Waals surface area (Å²) in [5, 5.41) is 4.66. The van der Waals surface area contributed by atoms with Crippen LogP contribution < -0.4 is 5.32 Å². The molecule has 0 aliphatic heterocycles. The lowest BCUT2D eigenvalue weighted by Gasteiger charge is -2.38. The van der Waals surface area contributed by atoms with E-state index in [4.69, 9.17) is 11.6 Å². The second kappa shape index (κ2) is 6.21. The van der Waals surface area contributed by atoms with E-state index in [0.717, 1.165) is 5.02 Å². The molecule has 0 amide bonds. The SMILES string of the molecule is Cc1ccccc1[C@@H](C)NC1CC(c2ccccc2Cl)C1. The van der Waals surface area contributed by atoms with Crippen molar-refractivity contribution in [2.75, 3.05) is 0 Å². The molecule has 0 bridgehead atoms. The average Bonchev–Trinajstić information content (AvgIpc) is 2.44. The highest BCUT2D eigenvalue weighted by Gasteiger charge is 2.32. The van der Waals surface area contributed by atoms with Crippen LogP contribution in [-0.4, -0.2) is 6.04 Å². The van der Waals surface area contributed by atoms with Crippen molar-refractivity contribution in [2.24, 2.45) is 0 Å². The van der Waals surface area contributed by atoms with Gasteiger partial charge in [0.1, 0.15) is 0 Å². The zero-order chi connectivity index (χ0) is 14.8. The molecule has 1 N–H and O–H groups in total. The van der Waals surface area contributed by atoms with Gasteiger partial charge in [-0.25, -0.2) is 0 Å². The van der Waals surface area contributed by atoms with Crippen molar-refractivity contribution in [1.29, 1.82) is 0 Å². The fourth-order valence-corrected chi connectivity index (χ4v) is 3.62. The third kappa shape index (κ3) is 3.14. The highest BCUT2D eigenvalue weighted by atomic mass is 35.5. The highest BCUT2D eigenvalue weighted by molar-refractivity contribution is 6.31. The van der Waals surface area contributed by atoms with E-state index in [9.17, 15) is 0 Å². The van der Waals surface area contributed by atoms with E-state index in [0.29, 0.717) is 18.0 Å². The summed E-state index contributed by atoms with van der Waals surface area (Å²) in [6, 6.07) is 17.9. The fourth-order valence-electron chi connectivity index (χ4n) is 3.33. The van der Waals surface area contributed by atoms with Crippen LogP contribution in [0.4, 0.5) is 0 Å². The molecule has 1 saturated carbocycles. The molecule has 21 heavy (non-hydrogen) atoms. The van der Waals surface area contributed by atoms with Gasteiger partial charge in [0.05, 0.1) is 0 Å². The Morgan fingerprint density at radius 3 is 2.43 bits per heavy atom. The van der Waals surface area contributed by atoms with E-state index in [2.05, 4.69) is 55.6 Å². The van der Waals surface area contributed by atoms with Crippen LogP contribution in [0.3, 0.4) is 0 Å². The van der Waals surface area contributed by atoms with Crippen molar-refractivity contribution in [3.63, 3.8) is 0 Å². The third-order valence-electron chi connectivity index (χ3n) is 4.62. The van der Waals surface area contributed by atoms with E-state index in [-0.39, 0.29) is 0 Å². The maximum Gasteiger partial charge on any atom is 0.0440 e. The van der Waals surface area contributed by atoms with Gasteiger partial charge in [-0.3, -0.25) is 0 Å². The Balaban J connectivity index is 1.58. The minimum atomic E-state index is 0.406. The van der Waals surface area contributed by atoms with E-state index in [1.807, 2.05) is 12.1 Å². The molecule has 0 aromatic heterocycles. The molecular weight excluding hydrogens is 278 g/mol. The standard InChI is InChI=1S/C19H22ClN/c1-13-7-3-4-8-17(13)14(2)21-16-11-15(12-16)18-9-5-6-10-19(18)20/h3-10,14-16,21H,11-12H2,1-2H3/t14-,15?,16?/m1/s1. The van der Waals surface area contributed by atoms with Gasteiger partial charge in [0.15, 0.2) is 0 Å². The lowest BCUT2D eigenvalue weighted by Crippen LogP contribution is -2.41. The summed E-state index contributed by atoms with van der Waals surface area (Å²) >= 11 is 6.28. The number of hydrogen-bond acceptors (Lipinski definition) is 1. The lowest BCUT2D eigenvalue weighted by atomic mass is 9.75. The maximum atomic E-state index is 6.28. The Hall–Kier alpha value is -1.31. The van der Waals surface area contributed by atoms with Gasteiger partial charge in [-0.15, -0.1) is 0 Å². The zero-order valence-corrected chi connectivity index (χ0v) is 13.4. The molecule has 1 aliphatic carbocycles. The monoisotopic (exact) mass is 299 g/mol. The summed E-state index contributed by atoms with van der Waals surface area (Å²) in [7, 11) is 0. The molecule has 1 nitrogen and oxygen atoms in total. The van der Waals surface area contributed by atoms with Gasteiger partial charge in [0, 0.05) is 17.1 Å². The topological polar surface area (TPSA) is 12.0 Å². The Morgan fingerprint density at radius 1 is 1.05 bits per heavy atom. The van der Waals surface area contributed by atoms with Crippen LogP contribution in [-0.2, 0) is 0 Å². The predicted molar refractivity (Wildman–Crippen MR) is 89.9 cm³/mol. The summed E-state index contributed by atoms with van der Waals surface area (Å²) in [5.74, 6) is 0.611. The molecule has 0 saturated heterocycles. The van der Waals surface area contributed by atoms with E-state index < -0.39 is 0 Å². The third-order valence-corrected chi connectivity index (χ3v) is 4.97. The second-order valence-corrected chi connectivity index (χ2v) is 6.54. The molecule has 110 valence electrons. The average molecular weight is 300 g/mol. The van der Waals surface area contributed by atoms with Gasteiger partial charge >= 0.3 is 0 Å². The number of hydrogen-bond donors (Lipinski definition) is 1. The molecule has 0 heterocycles. The Bertz CT molecular complexity index is 616. The van der Waals surface area contributed by atoms with Crippen molar-refractivity contribution in [2.45, 2.75) is 44.7 Å². The second-order valence-electron chi connectivity index (χ2n) is 6.13. The first-order valence-electron chi connectivity index (χ1n) is 7.71. The number of rotatable bonds is 4. The Labute approximate surface area is 132 Å². The largest absolute Gasteiger partial charge is 0.307 e. The fraction of sp³-hybridized carbons (Fsp3) is 0.368. The molecule has 0 radical (unpaired) electrons. The molecule has 2 aromatic carbocycles. The molecule has 3 rings (SSSR count). The number of aryl methyl sites for hydroxylation is 1. The first-order chi connectivity index (χ1) is 10.1. The molecule has 0 spiro atoms. The summed E-state index contributed by atoms with van der Waals surface area (Å²) in [6.45, 7) is 4.44. The Morgan fingerprint density at radius 2 is 1.71 bits per heavy atom. The summed E-state index contributed by atoms with van der Waals surface area (Å²) in [5.41, 5.74) is 4.07. The van der Waals surface area contributed by atoms with E-state index in [1.54, 1.807) is 0 Å². The van der Waals surface area contributed by atoms with Crippen LogP contribution in [0, 0.1) is 6.92 Å². The van der Waals surface area contributed by atoms with Gasteiger partial charge < -0.3 is 5.32 Å². The quantitative estimate of drug-likeness (QED) is 0.813. The first kappa shape index (κ1) is 14.6. The molecule has 2 aromatic rings. The molecule has 2 heteroatoms. The first-order valence-corrected chi connectivity index (χ1v) is 8.09. The van der Waals surface area contributed by atoms with Crippen LogP contribution in [0.5, 0.6) is 0 Å². The molecule has 0 unspecified atom stereocenters. The molecular formula is C19H22ClN. The minimum Gasteiger partial charge on any atom is -0.307 e. The van der Waals surface area contributed by atoms with Gasteiger partial charge in [-0.1, -0.05) is 54.1 Å². The minimum absolute atomic E-state index is 0.406. The van der Waals surface area contributed by atoms with Crippen LogP contribution >= 0.6 is 11.6 Å². The van der Waals surface area contributed by atoms with Crippen LogP contribution in [0.15, 0.2) is 48.5 Å². The van der Waals surface area contributed by atoms with Crippen molar-refractivity contribution in [3.05, 3.63) is 70.2 Å². The van der Waals surface area contributed by atoms with Crippen LogP contribution in [0.1, 0.15) is 48.4 Å². The predicted octanol–water partition coefficient (Wildman–Crippen LogP) is 5.25. The number of nitrogens with one attached hydrogen (secondary N) is 1. The van der Waals surface area contributed by atoms with Crippen LogP contribution in [0.2, 0.25) is 5.02 Å². The van der Waals surface area contributed by atoms with Crippen LogP contribution in [0.25, 0.3) is 0 Å². The van der Waals surface area contributed by atoms with E-state index >= 15 is 0 Å². The van der Waals surface area contributed by atoms with Gasteiger partial charge in [0.2, 0.25) is 0 Å². The summed E-state index contributed by atoms with van der Waals surface area (Å²) in [6.07, 6.45) is 2.36. The van der Waals surface area contributed by atoms with Crippen molar-refractivity contribution in [3.8, 4) is 0 Å². The molecule has 1 atom stereocenters. The smallest absolute Gasteiger partial charge is 0.0440 e. The normalized spacial score (nSPS) is 22.6. The van der Waals surface area contributed by atoms with Gasteiger partial charge in [-0.05, 0) is 55.4 Å². The highest BCUT2D eigenvalue weighted by Crippen LogP contribution is 2.40. The van der Waals surface area contributed by atoms with Crippen molar-refractivity contribution in [1.82, 2.24) is 5.32 Å². The van der Waals surface area contributed by atoms with Gasteiger partial charge in [0.25, 0.3) is 0 Å². The summed E-state index contributed by atoms with van der Waals surface area (Å²) in [4.78, 5) is 0. The van der Waals surface area contributed by atoms with Crippen molar-refractivity contribution >= 4 is 11.6 Å². The van der Waals surface area contributed by atoms with Crippen molar-refractivity contribution < 1.29 is 0 Å². The summed E-state index contributed by atoms with van der Waals surface area (Å²) < 4.78 is 0. The molecule has 1 aliphatic rings. The van der Waals surface area contributed by atoms with E-state index in [1.165, 1.54) is 29.5 Å². The molecule has 1 fully saturated rings. The zero-order valence-electron chi connectivity index (χ0n) is 12.6. The van der Waals surface area contributed by atoms with Gasteiger partial charge in [-0.2, -0.15) is 0 Å². The number of halogens is 1. The maximum absolute atomic E-state index is 6.28. The lowest BCUT2D eigenvalue weighted by molar-refractivity contribution is 0.270.